The Balaban J connectivity index is 2.01. The molecule has 132 valence electrons. The van der Waals surface area contributed by atoms with Crippen LogP contribution in [0.1, 0.15) is 53.2 Å². The quantitative estimate of drug-likeness (QED) is 0.923. The minimum Gasteiger partial charge on any atom is -0.373 e. The van der Waals surface area contributed by atoms with E-state index in [1.54, 1.807) is 6.20 Å². The van der Waals surface area contributed by atoms with Gasteiger partial charge in [-0.3, -0.25) is 4.79 Å². The number of nitrogens with one attached hydrogen (secondary N) is 1. The van der Waals surface area contributed by atoms with E-state index < -0.39 is 5.54 Å². The molecule has 7 nitrogen and oxygen atoms in total. The van der Waals surface area contributed by atoms with Crippen molar-refractivity contribution in [3.8, 4) is 0 Å². The molecule has 7 heteroatoms. The number of anilines is 1. The fourth-order valence-corrected chi connectivity index (χ4v) is 3.40. The number of carbonyl (C=O) groups is 1. The first-order chi connectivity index (χ1) is 11.8. The largest absolute Gasteiger partial charge is 0.373 e. The third-order valence-electron chi connectivity index (χ3n) is 4.81. The van der Waals surface area contributed by atoms with Crippen molar-refractivity contribution < 1.29 is 4.79 Å². The zero-order chi connectivity index (χ0) is 18.2. The summed E-state index contributed by atoms with van der Waals surface area (Å²) in [6.07, 6.45) is 3.37. The zero-order valence-electron chi connectivity index (χ0n) is 15.4. The summed E-state index contributed by atoms with van der Waals surface area (Å²) in [5.74, 6) is 2.04. The van der Waals surface area contributed by atoms with E-state index in [-0.39, 0.29) is 5.91 Å². The Bertz CT molecular complexity index is 821. The van der Waals surface area contributed by atoms with E-state index >= 15 is 0 Å². The van der Waals surface area contributed by atoms with Crippen molar-refractivity contribution in [2.75, 3.05) is 18.9 Å². The molecule has 0 bridgehead atoms. The first-order valence-corrected chi connectivity index (χ1v) is 8.51. The van der Waals surface area contributed by atoms with Crippen molar-refractivity contribution in [2.45, 2.75) is 46.1 Å². The maximum Gasteiger partial charge on any atom is 0.258 e. The molecule has 3 heterocycles. The van der Waals surface area contributed by atoms with Crippen LogP contribution in [0.5, 0.6) is 0 Å². The van der Waals surface area contributed by atoms with Gasteiger partial charge in [-0.25, -0.2) is 19.9 Å². The molecule has 2 aromatic rings. The number of carbonyl (C=O) groups excluding carboxylic acids is 1. The van der Waals surface area contributed by atoms with Crippen LogP contribution in [0.15, 0.2) is 12.3 Å². The molecule has 0 radical (unpaired) electrons. The number of amides is 1. The molecule has 0 aliphatic carbocycles. The summed E-state index contributed by atoms with van der Waals surface area (Å²) in [5, 5.41) is 3.07. The summed E-state index contributed by atoms with van der Waals surface area (Å²) in [6, 6.07) is 1.89. The van der Waals surface area contributed by atoms with Gasteiger partial charge in [0, 0.05) is 31.5 Å². The maximum absolute atomic E-state index is 13.2. The summed E-state index contributed by atoms with van der Waals surface area (Å²) in [5.41, 5.74) is 1.59. The third kappa shape index (κ3) is 3.06. The van der Waals surface area contributed by atoms with Gasteiger partial charge in [0.1, 0.15) is 17.2 Å². The predicted octanol–water partition coefficient (Wildman–Crippen LogP) is 2.38. The van der Waals surface area contributed by atoms with Crippen LogP contribution in [-0.2, 0) is 5.54 Å². The molecule has 1 N–H and O–H groups in total. The molecular formula is C18H24N6O. The fourth-order valence-electron chi connectivity index (χ4n) is 3.40. The van der Waals surface area contributed by atoms with Gasteiger partial charge in [0.2, 0.25) is 0 Å². The second-order valence-electron chi connectivity index (χ2n) is 6.72. The molecule has 3 rings (SSSR count). The monoisotopic (exact) mass is 340 g/mol. The Kier molecular flexibility index (Phi) is 4.41. The van der Waals surface area contributed by atoms with Crippen LogP contribution < -0.4 is 5.32 Å². The van der Waals surface area contributed by atoms with E-state index in [9.17, 15) is 4.79 Å². The van der Waals surface area contributed by atoms with Crippen molar-refractivity contribution in [3.05, 3.63) is 40.9 Å². The average Bonchev–Trinajstić information content (AvgIpc) is 2.97. The molecule has 1 fully saturated rings. The maximum atomic E-state index is 13.2. The van der Waals surface area contributed by atoms with Crippen LogP contribution in [0, 0.1) is 20.8 Å². The number of aryl methyl sites for hydroxylation is 3. The Morgan fingerprint density at radius 3 is 2.68 bits per heavy atom. The number of likely N-dealkylation sites (tertiary alicyclic amines) is 1. The van der Waals surface area contributed by atoms with E-state index in [1.807, 2.05) is 45.7 Å². The minimum atomic E-state index is -0.536. The molecule has 1 aliphatic heterocycles. The molecule has 1 amide bonds. The highest BCUT2D eigenvalue weighted by atomic mass is 16.2. The Hall–Kier alpha value is -2.57. The lowest BCUT2D eigenvalue weighted by Crippen LogP contribution is -2.44. The topological polar surface area (TPSA) is 83.9 Å². The highest BCUT2D eigenvalue weighted by Gasteiger charge is 2.44. The van der Waals surface area contributed by atoms with Gasteiger partial charge in [-0.15, -0.1) is 0 Å². The van der Waals surface area contributed by atoms with E-state index in [2.05, 4.69) is 25.3 Å². The second-order valence-corrected chi connectivity index (χ2v) is 6.72. The summed E-state index contributed by atoms with van der Waals surface area (Å²) in [4.78, 5) is 32.8. The van der Waals surface area contributed by atoms with Gasteiger partial charge in [0.15, 0.2) is 5.82 Å². The minimum absolute atomic E-state index is 0.0615. The van der Waals surface area contributed by atoms with Gasteiger partial charge in [0.05, 0.1) is 11.3 Å². The molecule has 1 aliphatic rings. The molecule has 0 spiro atoms. The summed E-state index contributed by atoms with van der Waals surface area (Å²) < 4.78 is 0. The Morgan fingerprint density at radius 1 is 1.24 bits per heavy atom. The Morgan fingerprint density at radius 2 is 2.00 bits per heavy atom. The van der Waals surface area contributed by atoms with Crippen LogP contribution in [0.2, 0.25) is 0 Å². The van der Waals surface area contributed by atoms with E-state index in [1.165, 1.54) is 0 Å². The lowest BCUT2D eigenvalue weighted by atomic mass is 9.96. The van der Waals surface area contributed by atoms with Crippen LogP contribution >= 0.6 is 0 Å². The van der Waals surface area contributed by atoms with Crippen LogP contribution in [0.4, 0.5) is 5.82 Å². The summed E-state index contributed by atoms with van der Waals surface area (Å²) in [6.45, 7) is 8.32. The van der Waals surface area contributed by atoms with Gasteiger partial charge in [-0.1, -0.05) is 0 Å². The van der Waals surface area contributed by atoms with Crippen molar-refractivity contribution in [1.29, 1.82) is 0 Å². The molecule has 0 aromatic carbocycles. The number of rotatable bonds is 3. The summed E-state index contributed by atoms with van der Waals surface area (Å²) in [7, 11) is 1.83. The zero-order valence-corrected chi connectivity index (χ0v) is 15.4. The molecule has 1 saturated heterocycles. The van der Waals surface area contributed by atoms with Crippen LogP contribution in [0.25, 0.3) is 0 Å². The highest BCUT2D eigenvalue weighted by Crippen LogP contribution is 2.38. The number of nitrogens with zero attached hydrogens (tertiary/aromatic N) is 5. The first kappa shape index (κ1) is 17.3. The first-order valence-electron chi connectivity index (χ1n) is 8.51. The standard InChI is InChI=1S/C18H24N6O/c1-11-9-15(19-5)23-17(21-11)18(4)7-6-8-24(18)16(25)14-10-20-13(3)22-12(14)2/h9-10H,6-8H2,1-5H3,(H,19,21,23)/t18-/m0/s1. The lowest BCUT2D eigenvalue weighted by molar-refractivity contribution is 0.0602. The molecule has 2 aromatic heterocycles. The molecule has 1 atom stereocenters. The average molecular weight is 340 g/mol. The van der Waals surface area contributed by atoms with Crippen LogP contribution in [0.3, 0.4) is 0 Å². The normalized spacial score (nSPS) is 20.0. The summed E-state index contributed by atoms with van der Waals surface area (Å²) >= 11 is 0. The van der Waals surface area contributed by atoms with Gasteiger partial charge in [-0.05, 0) is 40.5 Å². The number of hydrogen-bond donors (Lipinski definition) is 1. The van der Waals surface area contributed by atoms with Crippen LogP contribution in [-0.4, -0.2) is 44.3 Å². The van der Waals surface area contributed by atoms with E-state index in [4.69, 9.17) is 0 Å². The molecular weight excluding hydrogens is 316 g/mol. The molecule has 0 saturated carbocycles. The predicted molar refractivity (Wildman–Crippen MR) is 95.4 cm³/mol. The van der Waals surface area contributed by atoms with Crippen molar-refractivity contribution >= 4 is 11.7 Å². The van der Waals surface area contributed by atoms with Crippen molar-refractivity contribution in [2.24, 2.45) is 0 Å². The fraction of sp³-hybridized carbons (Fsp3) is 0.500. The van der Waals surface area contributed by atoms with Gasteiger partial charge >= 0.3 is 0 Å². The van der Waals surface area contributed by atoms with Gasteiger partial charge < -0.3 is 10.2 Å². The van der Waals surface area contributed by atoms with Gasteiger partial charge in [-0.2, -0.15) is 0 Å². The number of hydrogen-bond acceptors (Lipinski definition) is 6. The van der Waals surface area contributed by atoms with Crippen molar-refractivity contribution in [1.82, 2.24) is 24.8 Å². The SMILES string of the molecule is CNc1cc(C)nc([C@]2(C)CCCN2C(=O)c2cnc(C)nc2C)n1. The second kappa shape index (κ2) is 6.38. The van der Waals surface area contributed by atoms with E-state index in [0.717, 1.165) is 24.4 Å². The van der Waals surface area contributed by atoms with Gasteiger partial charge in [0.25, 0.3) is 5.91 Å². The van der Waals surface area contributed by atoms with E-state index in [0.29, 0.717) is 29.5 Å². The molecule has 25 heavy (non-hydrogen) atoms. The molecule has 0 unspecified atom stereocenters. The van der Waals surface area contributed by atoms with Crippen molar-refractivity contribution in [3.63, 3.8) is 0 Å². The smallest absolute Gasteiger partial charge is 0.258 e. The third-order valence-corrected chi connectivity index (χ3v) is 4.81. The highest BCUT2D eigenvalue weighted by molar-refractivity contribution is 5.95. The number of aromatic nitrogens is 4. The lowest BCUT2D eigenvalue weighted by Gasteiger charge is -2.34. The Labute approximate surface area is 147 Å².